The summed E-state index contributed by atoms with van der Waals surface area (Å²) in [5.41, 5.74) is 3.67. The van der Waals surface area contributed by atoms with Gasteiger partial charge in [0.05, 0.1) is 5.92 Å². The Hall–Kier alpha value is -1.88. The number of amides is 2. The maximum absolute atomic E-state index is 13.0. The molecule has 1 aromatic rings. The third kappa shape index (κ3) is 3.02. The van der Waals surface area contributed by atoms with Gasteiger partial charge in [0.1, 0.15) is 0 Å². The quantitative estimate of drug-likeness (QED) is 0.885. The Bertz CT molecular complexity index is 714. The van der Waals surface area contributed by atoms with E-state index in [0.717, 1.165) is 50.3 Å². The lowest BCUT2D eigenvalue weighted by Crippen LogP contribution is -2.46. The largest absolute Gasteiger partial charge is 0.342 e. The van der Waals surface area contributed by atoms with Crippen LogP contribution in [-0.2, 0) is 9.59 Å². The summed E-state index contributed by atoms with van der Waals surface area (Å²) in [6.45, 7) is 8.51. The summed E-state index contributed by atoms with van der Waals surface area (Å²) in [7, 11) is 0. The van der Waals surface area contributed by atoms with Crippen molar-refractivity contribution in [3.05, 3.63) is 29.3 Å². The Morgan fingerprint density at radius 2 is 1.96 bits per heavy atom. The third-order valence-electron chi connectivity index (χ3n) is 6.81. The van der Waals surface area contributed by atoms with Crippen LogP contribution in [0.1, 0.15) is 36.8 Å². The monoisotopic (exact) mass is 355 g/mol. The van der Waals surface area contributed by atoms with Gasteiger partial charge >= 0.3 is 0 Å². The van der Waals surface area contributed by atoms with Crippen molar-refractivity contribution in [1.82, 2.24) is 10.2 Å². The van der Waals surface area contributed by atoms with Crippen molar-refractivity contribution in [3.63, 3.8) is 0 Å². The normalized spacial score (nSPS) is 25.3. The maximum atomic E-state index is 13.0. The summed E-state index contributed by atoms with van der Waals surface area (Å²) in [6.07, 6.45) is 3.76. The van der Waals surface area contributed by atoms with Crippen molar-refractivity contribution >= 4 is 17.5 Å². The third-order valence-corrected chi connectivity index (χ3v) is 6.81. The van der Waals surface area contributed by atoms with E-state index in [2.05, 4.69) is 18.3 Å². The zero-order valence-electron chi connectivity index (χ0n) is 15.9. The van der Waals surface area contributed by atoms with Gasteiger partial charge in [-0.3, -0.25) is 9.59 Å². The number of piperidine rings is 1. The maximum Gasteiger partial charge on any atom is 0.228 e. The van der Waals surface area contributed by atoms with Gasteiger partial charge in [0.2, 0.25) is 11.8 Å². The van der Waals surface area contributed by atoms with Gasteiger partial charge in [0.25, 0.3) is 0 Å². The van der Waals surface area contributed by atoms with Crippen LogP contribution in [0.4, 0.5) is 5.69 Å². The number of nitrogens with one attached hydrogen (secondary N) is 1. The Kier molecular flexibility index (Phi) is 4.51. The van der Waals surface area contributed by atoms with E-state index >= 15 is 0 Å². The van der Waals surface area contributed by atoms with E-state index < -0.39 is 0 Å². The highest BCUT2D eigenvalue weighted by Crippen LogP contribution is 2.38. The molecular weight excluding hydrogens is 326 g/mol. The average Bonchev–Trinajstić information content (AvgIpc) is 3.25. The fourth-order valence-corrected chi connectivity index (χ4v) is 4.82. The summed E-state index contributed by atoms with van der Waals surface area (Å²) in [5, 5.41) is 3.47. The summed E-state index contributed by atoms with van der Waals surface area (Å²) < 4.78 is 0. The summed E-state index contributed by atoms with van der Waals surface area (Å²) in [4.78, 5) is 29.4. The van der Waals surface area contributed by atoms with Gasteiger partial charge < -0.3 is 15.1 Å². The molecule has 1 spiro atoms. The molecule has 0 radical (unpaired) electrons. The van der Waals surface area contributed by atoms with Gasteiger partial charge in [-0.2, -0.15) is 0 Å². The van der Waals surface area contributed by atoms with Crippen LogP contribution < -0.4 is 10.2 Å². The number of benzene rings is 1. The van der Waals surface area contributed by atoms with Crippen LogP contribution in [0.3, 0.4) is 0 Å². The second-order valence-electron chi connectivity index (χ2n) is 8.38. The Morgan fingerprint density at radius 1 is 1.19 bits per heavy atom. The first kappa shape index (κ1) is 17.5. The Balaban J connectivity index is 1.42. The fourth-order valence-electron chi connectivity index (χ4n) is 4.82. The zero-order chi connectivity index (χ0) is 18.3. The number of hydrogen-bond donors (Lipinski definition) is 1. The molecule has 4 rings (SSSR count). The summed E-state index contributed by atoms with van der Waals surface area (Å²) in [5.74, 6) is 0.0515. The highest BCUT2D eigenvalue weighted by atomic mass is 16.2. The molecule has 26 heavy (non-hydrogen) atoms. The predicted molar refractivity (Wildman–Crippen MR) is 102 cm³/mol. The minimum atomic E-state index is -0.196. The van der Waals surface area contributed by atoms with E-state index in [9.17, 15) is 9.59 Å². The Labute approximate surface area is 155 Å². The topological polar surface area (TPSA) is 52.7 Å². The molecule has 1 atom stereocenters. The van der Waals surface area contributed by atoms with Crippen LogP contribution >= 0.6 is 0 Å². The molecule has 140 valence electrons. The van der Waals surface area contributed by atoms with Crippen LogP contribution in [0.5, 0.6) is 0 Å². The van der Waals surface area contributed by atoms with E-state index in [-0.39, 0.29) is 17.7 Å². The number of likely N-dealkylation sites (tertiary alicyclic amines) is 1. The SMILES string of the molecule is Cc1cccc(N2CC(C(=O)N3CCC4(CCNC4)CC3)CC2=O)c1C. The number of rotatable bonds is 2. The molecule has 0 aromatic heterocycles. The molecule has 5 nitrogen and oxygen atoms in total. The summed E-state index contributed by atoms with van der Waals surface area (Å²) >= 11 is 0. The predicted octanol–water partition coefficient (Wildman–Crippen LogP) is 2.26. The number of carbonyl (C=O) groups excluding carboxylic acids is 2. The molecule has 3 fully saturated rings. The molecular formula is C21H29N3O2. The van der Waals surface area contributed by atoms with Gasteiger partial charge in [0, 0.05) is 38.3 Å². The van der Waals surface area contributed by atoms with Crippen LogP contribution in [0.25, 0.3) is 0 Å². The van der Waals surface area contributed by atoms with Gasteiger partial charge in [-0.15, -0.1) is 0 Å². The number of hydrogen-bond acceptors (Lipinski definition) is 3. The van der Waals surface area contributed by atoms with Crippen molar-refractivity contribution in [3.8, 4) is 0 Å². The van der Waals surface area contributed by atoms with Crippen LogP contribution in [0.15, 0.2) is 18.2 Å². The molecule has 3 aliphatic heterocycles. The molecule has 1 N–H and O–H groups in total. The van der Waals surface area contributed by atoms with Crippen LogP contribution in [0.2, 0.25) is 0 Å². The molecule has 5 heteroatoms. The van der Waals surface area contributed by atoms with E-state index in [4.69, 9.17) is 0 Å². The van der Waals surface area contributed by atoms with Crippen molar-refractivity contribution in [2.45, 2.75) is 39.5 Å². The number of nitrogens with zero attached hydrogens (tertiary/aromatic N) is 2. The van der Waals surface area contributed by atoms with Crippen LogP contribution in [0, 0.1) is 25.2 Å². The molecule has 1 aromatic carbocycles. The van der Waals surface area contributed by atoms with E-state index in [1.807, 2.05) is 28.9 Å². The first-order chi connectivity index (χ1) is 12.5. The lowest BCUT2D eigenvalue weighted by Gasteiger charge is -2.39. The fraction of sp³-hybridized carbons (Fsp3) is 0.619. The van der Waals surface area contributed by atoms with Crippen LogP contribution in [-0.4, -0.2) is 49.4 Å². The minimum absolute atomic E-state index is 0.0746. The molecule has 3 saturated heterocycles. The van der Waals surface area contributed by atoms with E-state index in [0.29, 0.717) is 18.4 Å². The van der Waals surface area contributed by atoms with Gasteiger partial charge in [-0.1, -0.05) is 12.1 Å². The lowest BCUT2D eigenvalue weighted by molar-refractivity contribution is -0.137. The van der Waals surface area contributed by atoms with Gasteiger partial charge in [-0.25, -0.2) is 0 Å². The highest BCUT2D eigenvalue weighted by Gasteiger charge is 2.42. The van der Waals surface area contributed by atoms with E-state index in [1.54, 1.807) is 0 Å². The molecule has 3 aliphatic rings. The van der Waals surface area contributed by atoms with Gasteiger partial charge in [-0.05, 0) is 62.3 Å². The van der Waals surface area contributed by atoms with E-state index in [1.165, 1.54) is 12.0 Å². The van der Waals surface area contributed by atoms with Crippen molar-refractivity contribution in [2.24, 2.45) is 11.3 Å². The standard InChI is InChI=1S/C21H29N3O2/c1-15-4-3-5-18(16(15)2)24-13-17(12-19(24)25)20(26)23-10-7-21(8-11-23)6-9-22-14-21/h3-5,17,22H,6-14H2,1-2H3. The highest BCUT2D eigenvalue weighted by molar-refractivity contribution is 6.00. The Morgan fingerprint density at radius 3 is 2.65 bits per heavy atom. The first-order valence-electron chi connectivity index (χ1n) is 9.85. The molecule has 1 unspecified atom stereocenters. The van der Waals surface area contributed by atoms with Crippen molar-refractivity contribution in [2.75, 3.05) is 37.6 Å². The lowest BCUT2D eigenvalue weighted by atomic mass is 9.77. The minimum Gasteiger partial charge on any atom is -0.342 e. The number of aryl methyl sites for hydroxylation is 1. The smallest absolute Gasteiger partial charge is 0.228 e. The second-order valence-corrected chi connectivity index (χ2v) is 8.38. The average molecular weight is 355 g/mol. The molecule has 2 amide bonds. The second kappa shape index (κ2) is 6.69. The van der Waals surface area contributed by atoms with Crippen molar-refractivity contribution < 1.29 is 9.59 Å². The summed E-state index contributed by atoms with van der Waals surface area (Å²) in [6, 6.07) is 6.04. The molecule has 0 bridgehead atoms. The zero-order valence-corrected chi connectivity index (χ0v) is 15.9. The number of carbonyl (C=O) groups is 2. The molecule has 0 saturated carbocycles. The molecule has 0 aliphatic carbocycles. The van der Waals surface area contributed by atoms with Gasteiger partial charge in [0.15, 0.2) is 0 Å². The number of anilines is 1. The van der Waals surface area contributed by atoms with Crippen molar-refractivity contribution in [1.29, 1.82) is 0 Å². The first-order valence-corrected chi connectivity index (χ1v) is 9.85. The molecule has 3 heterocycles.